The van der Waals surface area contributed by atoms with Gasteiger partial charge in [0.25, 0.3) is 0 Å². The van der Waals surface area contributed by atoms with E-state index in [1.165, 1.54) is 0 Å². The molecule has 1 aromatic carbocycles. The van der Waals surface area contributed by atoms with Gasteiger partial charge < -0.3 is 25.0 Å². The molecule has 1 aliphatic heterocycles. The van der Waals surface area contributed by atoms with Crippen LogP contribution in [0, 0.1) is 0 Å². The fraction of sp³-hybridized carbons (Fsp3) is 0.391. The molecule has 3 N–H and O–H groups in total. The summed E-state index contributed by atoms with van der Waals surface area (Å²) in [5.74, 6) is 1.93. The Hall–Kier alpha value is -3.30. The quantitative estimate of drug-likeness (QED) is 0.571. The van der Waals surface area contributed by atoms with Crippen molar-refractivity contribution >= 4 is 28.9 Å². The second-order valence-electron chi connectivity index (χ2n) is 7.64. The van der Waals surface area contributed by atoms with Gasteiger partial charge in [0.05, 0.1) is 13.2 Å². The van der Waals surface area contributed by atoms with E-state index >= 15 is 0 Å². The maximum Gasteiger partial charge on any atom is 0.166 e. The topological polar surface area (TPSA) is 115 Å². The van der Waals surface area contributed by atoms with Crippen LogP contribution in [0.4, 0.5) is 5.82 Å². The Kier molecular flexibility index (Phi) is 6.48. The first-order valence-corrected chi connectivity index (χ1v) is 10.8. The predicted octanol–water partition coefficient (Wildman–Crippen LogP) is 2.40. The SMILES string of the molecule is CCn1c(C(C)O)nc2c(N3CCOCC3)nc(-c3cccc(C(N)=CC=NC)c3)nc21. The molecule has 3 heterocycles. The molecule has 2 aromatic heterocycles. The first-order valence-electron chi connectivity index (χ1n) is 10.8. The van der Waals surface area contributed by atoms with Gasteiger partial charge in [0.15, 0.2) is 22.8 Å². The lowest BCUT2D eigenvalue weighted by Crippen LogP contribution is -2.37. The number of rotatable bonds is 6. The summed E-state index contributed by atoms with van der Waals surface area (Å²) in [6.07, 6.45) is 2.72. The summed E-state index contributed by atoms with van der Waals surface area (Å²) in [6, 6.07) is 7.83. The number of aliphatic hydroxyl groups excluding tert-OH is 1. The van der Waals surface area contributed by atoms with Crippen molar-refractivity contribution in [3.8, 4) is 11.4 Å². The number of ether oxygens (including phenoxy) is 1. The lowest BCUT2D eigenvalue weighted by molar-refractivity contribution is 0.122. The fourth-order valence-electron chi connectivity index (χ4n) is 3.85. The molecule has 0 bridgehead atoms. The highest BCUT2D eigenvalue weighted by Crippen LogP contribution is 2.30. The van der Waals surface area contributed by atoms with Gasteiger partial charge in [-0.25, -0.2) is 15.0 Å². The number of aryl methyl sites for hydroxylation is 1. The van der Waals surface area contributed by atoms with Crippen molar-refractivity contribution in [3.05, 3.63) is 41.7 Å². The molecule has 32 heavy (non-hydrogen) atoms. The van der Waals surface area contributed by atoms with Crippen molar-refractivity contribution in [2.75, 3.05) is 38.3 Å². The smallest absolute Gasteiger partial charge is 0.166 e. The average molecular weight is 436 g/mol. The average Bonchev–Trinajstić information content (AvgIpc) is 3.21. The molecular weight excluding hydrogens is 406 g/mol. The van der Waals surface area contributed by atoms with E-state index in [0.29, 0.717) is 48.3 Å². The summed E-state index contributed by atoms with van der Waals surface area (Å²) in [6.45, 7) is 7.09. The summed E-state index contributed by atoms with van der Waals surface area (Å²) in [7, 11) is 1.70. The largest absolute Gasteiger partial charge is 0.398 e. The van der Waals surface area contributed by atoms with Crippen LogP contribution in [0.25, 0.3) is 28.2 Å². The van der Waals surface area contributed by atoms with Crippen LogP contribution in [0.5, 0.6) is 0 Å². The lowest BCUT2D eigenvalue weighted by Gasteiger charge is -2.28. The number of morpholine rings is 1. The first-order chi connectivity index (χ1) is 15.5. The van der Waals surface area contributed by atoms with E-state index in [4.69, 9.17) is 25.4 Å². The Bertz CT molecular complexity index is 1160. The van der Waals surface area contributed by atoms with Crippen molar-refractivity contribution in [2.24, 2.45) is 10.7 Å². The van der Waals surface area contributed by atoms with E-state index in [1.54, 1.807) is 26.3 Å². The molecule has 168 valence electrons. The van der Waals surface area contributed by atoms with Gasteiger partial charge in [-0.1, -0.05) is 18.2 Å². The Morgan fingerprint density at radius 1 is 1.28 bits per heavy atom. The van der Waals surface area contributed by atoms with Crippen molar-refractivity contribution in [1.82, 2.24) is 19.5 Å². The summed E-state index contributed by atoms with van der Waals surface area (Å²) >= 11 is 0. The van der Waals surface area contributed by atoms with Crippen LogP contribution in [0.15, 0.2) is 35.3 Å². The summed E-state index contributed by atoms with van der Waals surface area (Å²) < 4.78 is 7.48. The van der Waals surface area contributed by atoms with Gasteiger partial charge in [0.1, 0.15) is 11.9 Å². The zero-order valence-electron chi connectivity index (χ0n) is 18.7. The Labute approximate surface area is 187 Å². The molecule has 1 aliphatic rings. The number of nitrogens with two attached hydrogens (primary N) is 1. The van der Waals surface area contributed by atoms with Crippen LogP contribution in [-0.4, -0.2) is 64.2 Å². The monoisotopic (exact) mass is 435 g/mol. The molecule has 1 saturated heterocycles. The van der Waals surface area contributed by atoms with Crippen molar-refractivity contribution in [3.63, 3.8) is 0 Å². The van der Waals surface area contributed by atoms with Crippen LogP contribution in [0.1, 0.15) is 31.3 Å². The normalized spacial score (nSPS) is 16.2. The summed E-state index contributed by atoms with van der Waals surface area (Å²) in [5, 5.41) is 10.3. The van der Waals surface area contributed by atoms with Gasteiger partial charge in [0, 0.05) is 44.2 Å². The molecule has 9 nitrogen and oxygen atoms in total. The summed E-state index contributed by atoms with van der Waals surface area (Å²) in [5.41, 5.74) is 9.95. The van der Waals surface area contributed by atoms with Gasteiger partial charge in [-0.05, 0) is 31.6 Å². The maximum atomic E-state index is 10.3. The number of aliphatic hydroxyl groups is 1. The minimum atomic E-state index is -0.710. The zero-order valence-corrected chi connectivity index (χ0v) is 18.7. The van der Waals surface area contributed by atoms with Gasteiger partial charge in [0.2, 0.25) is 0 Å². The molecule has 9 heteroatoms. The third-order valence-electron chi connectivity index (χ3n) is 5.46. The molecule has 4 rings (SSSR count). The number of allylic oxidation sites excluding steroid dienone is 1. The molecule has 0 saturated carbocycles. The Balaban J connectivity index is 1.90. The molecular formula is C23H29N7O2. The molecule has 1 atom stereocenters. The number of hydrogen-bond donors (Lipinski definition) is 2. The van der Waals surface area contributed by atoms with Crippen LogP contribution in [-0.2, 0) is 11.3 Å². The minimum absolute atomic E-state index is 0.586. The molecule has 3 aromatic rings. The molecule has 1 unspecified atom stereocenters. The highest BCUT2D eigenvalue weighted by Gasteiger charge is 2.24. The molecule has 0 aliphatic carbocycles. The second-order valence-corrected chi connectivity index (χ2v) is 7.64. The highest BCUT2D eigenvalue weighted by atomic mass is 16.5. The van der Waals surface area contributed by atoms with E-state index in [-0.39, 0.29) is 0 Å². The van der Waals surface area contributed by atoms with Crippen LogP contribution >= 0.6 is 0 Å². The van der Waals surface area contributed by atoms with E-state index in [2.05, 4.69) is 9.89 Å². The molecule has 1 fully saturated rings. The number of benzene rings is 1. The number of hydrogen-bond acceptors (Lipinski definition) is 8. The van der Waals surface area contributed by atoms with Gasteiger partial charge in [-0.15, -0.1) is 0 Å². The van der Waals surface area contributed by atoms with Crippen molar-refractivity contribution < 1.29 is 9.84 Å². The van der Waals surface area contributed by atoms with Crippen LogP contribution in [0.2, 0.25) is 0 Å². The second kappa shape index (κ2) is 9.46. The molecule has 0 radical (unpaired) electrons. The third kappa shape index (κ3) is 4.21. The van der Waals surface area contributed by atoms with E-state index in [1.807, 2.05) is 35.8 Å². The zero-order chi connectivity index (χ0) is 22.7. The van der Waals surface area contributed by atoms with Crippen LogP contribution in [0.3, 0.4) is 0 Å². The van der Waals surface area contributed by atoms with Gasteiger partial charge in [-0.3, -0.25) is 4.99 Å². The Morgan fingerprint density at radius 2 is 2.06 bits per heavy atom. The van der Waals surface area contributed by atoms with E-state index < -0.39 is 6.10 Å². The summed E-state index contributed by atoms with van der Waals surface area (Å²) in [4.78, 5) is 20.7. The van der Waals surface area contributed by atoms with E-state index in [0.717, 1.165) is 30.0 Å². The Morgan fingerprint density at radius 3 is 2.75 bits per heavy atom. The van der Waals surface area contributed by atoms with Crippen LogP contribution < -0.4 is 10.6 Å². The number of imidazole rings is 1. The van der Waals surface area contributed by atoms with Crippen molar-refractivity contribution in [1.29, 1.82) is 0 Å². The lowest BCUT2D eigenvalue weighted by atomic mass is 10.1. The molecule has 0 amide bonds. The maximum absolute atomic E-state index is 10.3. The van der Waals surface area contributed by atoms with E-state index in [9.17, 15) is 5.11 Å². The number of anilines is 1. The minimum Gasteiger partial charge on any atom is -0.398 e. The predicted molar refractivity (Wildman–Crippen MR) is 127 cm³/mol. The highest BCUT2D eigenvalue weighted by molar-refractivity contribution is 5.87. The third-order valence-corrected chi connectivity index (χ3v) is 5.46. The fourth-order valence-corrected chi connectivity index (χ4v) is 3.85. The standard InChI is InChI=1S/C23H29N7O2/c1-4-30-21(15(2)31)26-19-22(29-10-12-32-13-11-29)27-20(28-23(19)30)17-7-5-6-16(14-17)18(24)8-9-25-3/h5-9,14-15,31H,4,10-13,24H2,1-3H3. The number of aliphatic imine (C=N–C) groups is 1. The van der Waals surface area contributed by atoms with Gasteiger partial charge >= 0.3 is 0 Å². The number of nitrogens with zero attached hydrogens (tertiary/aromatic N) is 6. The molecule has 0 spiro atoms. The number of fused-ring (bicyclic) bond motifs is 1. The van der Waals surface area contributed by atoms with Gasteiger partial charge in [-0.2, -0.15) is 0 Å². The first kappa shape index (κ1) is 21.9. The number of aromatic nitrogens is 4. The van der Waals surface area contributed by atoms with Crippen molar-refractivity contribution in [2.45, 2.75) is 26.5 Å².